The fourth-order valence-corrected chi connectivity index (χ4v) is 2.94. The SMILES string of the molecule is CCCCCCCCCCC/C=C/c1cccc(OCC2(C)CO2)c1. The molecular formula is C23H36O2. The van der Waals surface area contributed by atoms with Gasteiger partial charge < -0.3 is 9.47 Å². The summed E-state index contributed by atoms with van der Waals surface area (Å²) in [4.78, 5) is 0. The number of benzene rings is 1. The van der Waals surface area contributed by atoms with E-state index >= 15 is 0 Å². The van der Waals surface area contributed by atoms with Crippen molar-refractivity contribution in [2.75, 3.05) is 13.2 Å². The van der Waals surface area contributed by atoms with Crippen molar-refractivity contribution < 1.29 is 9.47 Å². The van der Waals surface area contributed by atoms with Gasteiger partial charge in [0.1, 0.15) is 18.0 Å². The van der Waals surface area contributed by atoms with E-state index in [0.717, 1.165) is 12.4 Å². The van der Waals surface area contributed by atoms with Crippen molar-refractivity contribution in [2.24, 2.45) is 0 Å². The molecule has 1 heterocycles. The van der Waals surface area contributed by atoms with Gasteiger partial charge in [-0.25, -0.2) is 0 Å². The predicted molar refractivity (Wildman–Crippen MR) is 107 cm³/mol. The zero-order valence-electron chi connectivity index (χ0n) is 16.3. The molecule has 0 radical (unpaired) electrons. The fourth-order valence-electron chi connectivity index (χ4n) is 2.94. The lowest BCUT2D eigenvalue weighted by Crippen LogP contribution is -2.16. The molecule has 1 aliphatic rings. The van der Waals surface area contributed by atoms with Crippen molar-refractivity contribution in [3.05, 3.63) is 35.9 Å². The molecule has 25 heavy (non-hydrogen) atoms. The largest absolute Gasteiger partial charge is 0.490 e. The maximum Gasteiger partial charge on any atom is 0.123 e. The molecule has 0 amide bonds. The quantitative estimate of drug-likeness (QED) is 0.274. The predicted octanol–water partition coefficient (Wildman–Crippen LogP) is 6.79. The van der Waals surface area contributed by atoms with E-state index in [2.05, 4.69) is 44.2 Å². The van der Waals surface area contributed by atoms with E-state index < -0.39 is 0 Å². The van der Waals surface area contributed by atoms with Crippen LogP contribution in [0.5, 0.6) is 5.75 Å². The first kappa shape index (κ1) is 20.0. The second kappa shape index (κ2) is 11.4. The number of hydrogen-bond donors (Lipinski definition) is 0. The summed E-state index contributed by atoms with van der Waals surface area (Å²) in [6.45, 7) is 5.81. The molecule has 1 saturated heterocycles. The topological polar surface area (TPSA) is 21.8 Å². The molecule has 2 rings (SSSR count). The second-order valence-electron chi connectivity index (χ2n) is 7.62. The van der Waals surface area contributed by atoms with Gasteiger partial charge in [-0.05, 0) is 37.5 Å². The monoisotopic (exact) mass is 344 g/mol. The van der Waals surface area contributed by atoms with Crippen LogP contribution in [0.25, 0.3) is 6.08 Å². The minimum atomic E-state index is -0.0537. The van der Waals surface area contributed by atoms with Gasteiger partial charge in [0.05, 0.1) is 6.61 Å². The van der Waals surface area contributed by atoms with Crippen molar-refractivity contribution in [3.63, 3.8) is 0 Å². The van der Waals surface area contributed by atoms with Crippen LogP contribution < -0.4 is 4.74 Å². The van der Waals surface area contributed by atoms with Crippen LogP contribution >= 0.6 is 0 Å². The van der Waals surface area contributed by atoms with Crippen LogP contribution in [0.3, 0.4) is 0 Å². The molecule has 0 N–H and O–H groups in total. The maximum absolute atomic E-state index is 5.82. The molecule has 1 unspecified atom stereocenters. The highest BCUT2D eigenvalue weighted by Crippen LogP contribution is 2.27. The van der Waals surface area contributed by atoms with Crippen LogP contribution in [0, 0.1) is 0 Å². The van der Waals surface area contributed by atoms with E-state index in [9.17, 15) is 0 Å². The number of allylic oxidation sites excluding steroid dienone is 1. The zero-order valence-corrected chi connectivity index (χ0v) is 16.3. The first-order valence-electron chi connectivity index (χ1n) is 10.3. The van der Waals surface area contributed by atoms with Crippen LogP contribution in [0.15, 0.2) is 30.3 Å². The Hall–Kier alpha value is -1.28. The van der Waals surface area contributed by atoms with Gasteiger partial charge in [0, 0.05) is 0 Å². The Kier molecular flexibility index (Phi) is 9.10. The van der Waals surface area contributed by atoms with Gasteiger partial charge in [-0.3, -0.25) is 0 Å². The lowest BCUT2D eigenvalue weighted by molar-refractivity contribution is 0.202. The third-order valence-corrected chi connectivity index (χ3v) is 4.82. The number of ether oxygens (including phenoxy) is 2. The maximum atomic E-state index is 5.82. The molecule has 1 aliphatic heterocycles. The Balaban J connectivity index is 1.52. The van der Waals surface area contributed by atoms with Crippen molar-refractivity contribution in [1.82, 2.24) is 0 Å². The average Bonchev–Trinajstić information content (AvgIpc) is 3.36. The van der Waals surface area contributed by atoms with Gasteiger partial charge in [-0.1, -0.05) is 82.6 Å². The summed E-state index contributed by atoms with van der Waals surface area (Å²) in [6.07, 6.45) is 18.2. The average molecular weight is 345 g/mol. The summed E-state index contributed by atoms with van der Waals surface area (Å²) in [5.74, 6) is 0.932. The standard InChI is InChI=1S/C23H36O2/c1-3-4-5-6-7-8-9-10-11-12-13-15-21-16-14-17-22(18-21)24-19-23(2)20-25-23/h13-18H,3-12,19-20H2,1-2H3/b15-13+. The van der Waals surface area contributed by atoms with E-state index in [4.69, 9.17) is 9.47 Å². The Labute approximate surface area is 154 Å². The Morgan fingerprint density at radius 1 is 1.04 bits per heavy atom. The summed E-state index contributed by atoms with van der Waals surface area (Å²) < 4.78 is 11.2. The van der Waals surface area contributed by atoms with Gasteiger partial charge in [0.15, 0.2) is 0 Å². The van der Waals surface area contributed by atoms with Crippen LogP contribution in [0.2, 0.25) is 0 Å². The normalized spacial score (nSPS) is 19.4. The minimum absolute atomic E-state index is 0.0537. The van der Waals surface area contributed by atoms with Gasteiger partial charge in [-0.15, -0.1) is 0 Å². The highest BCUT2D eigenvalue weighted by Gasteiger charge is 2.40. The smallest absolute Gasteiger partial charge is 0.123 e. The molecule has 1 aromatic rings. The summed E-state index contributed by atoms with van der Waals surface area (Å²) in [5.41, 5.74) is 1.16. The van der Waals surface area contributed by atoms with Gasteiger partial charge >= 0.3 is 0 Å². The van der Waals surface area contributed by atoms with Crippen molar-refractivity contribution in [3.8, 4) is 5.75 Å². The van der Waals surface area contributed by atoms with Gasteiger partial charge in [0.25, 0.3) is 0 Å². The van der Waals surface area contributed by atoms with Crippen LogP contribution in [-0.2, 0) is 4.74 Å². The Morgan fingerprint density at radius 3 is 2.40 bits per heavy atom. The summed E-state index contributed by atoms with van der Waals surface area (Å²) in [5, 5.41) is 0. The fraction of sp³-hybridized carbons (Fsp3) is 0.652. The van der Waals surface area contributed by atoms with Crippen molar-refractivity contribution in [2.45, 2.75) is 83.7 Å². The molecule has 0 bridgehead atoms. The molecule has 0 aliphatic carbocycles. The van der Waals surface area contributed by atoms with Crippen LogP contribution in [-0.4, -0.2) is 18.8 Å². The third-order valence-electron chi connectivity index (χ3n) is 4.82. The number of epoxide rings is 1. The lowest BCUT2D eigenvalue weighted by Gasteiger charge is -2.09. The first-order valence-corrected chi connectivity index (χ1v) is 10.3. The molecule has 2 nitrogen and oxygen atoms in total. The van der Waals surface area contributed by atoms with Crippen molar-refractivity contribution in [1.29, 1.82) is 0 Å². The molecule has 1 fully saturated rings. The second-order valence-corrected chi connectivity index (χ2v) is 7.62. The van der Waals surface area contributed by atoms with Gasteiger partial charge in [-0.2, -0.15) is 0 Å². The molecule has 0 saturated carbocycles. The number of rotatable bonds is 14. The molecule has 1 atom stereocenters. The zero-order chi connectivity index (χ0) is 17.8. The molecule has 2 heteroatoms. The Morgan fingerprint density at radius 2 is 1.72 bits per heavy atom. The van der Waals surface area contributed by atoms with E-state index in [1.807, 2.05) is 6.07 Å². The highest BCUT2D eigenvalue weighted by molar-refractivity contribution is 5.51. The van der Waals surface area contributed by atoms with Crippen LogP contribution in [0.4, 0.5) is 0 Å². The molecule has 0 spiro atoms. The minimum Gasteiger partial charge on any atom is -0.490 e. The summed E-state index contributed by atoms with van der Waals surface area (Å²) >= 11 is 0. The number of hydrogen-bond acceptors (Lipinski definition) is 2. The van der Waals surface area contributed by atoms with E-state index in [1.54, 1.807) is 0 Å². The van der Waals surface area contributed by atoms with E-state index in [1.165, 1.54) is 69.8 Å². The summed E-state index contributed by atoms with van der Waals surface area (Å²) in [7, 11) is 0. The molecular weight excluding hydrogens is 308 g/mol. The van der Waals surface area contributed by atoms with E-state index in [-0.39, 0.29) is 5.60 Å². The highest BCUT2D eigenvalue weighted by atomic mass is 16.6. The summed E-state index contributed by atoms with van der Waals surface area (Å²) in [6, 6.07) is 8.32. The number of unbranched alkanes of at least 4 members (excludes halogenated alkanes) is 9. The molecule has 140 valence electrons. The van der Waals surface area contributed by atoms with Crippen molar-refractivity contribution >= 4 is 6.08 Å². The van der Waals surface area contributed by atoms with E-state index in [0.29, 0.717) is 6.61 Å². The molecule has 0 aromatic heterocycles. The van der Waals surface area contributed by atoms with Crippen LogP contribution in [0.1, 0.15) is 83.6 Å². The molecule has 1 aromatic carbocycles. The Bertz CT molecular complexity index is 503. The first-order chi connectivity index (χ1) is 12.2. The third kappa shape index (κ3) is 9.11. The van der Waals surface area contributed by atoms with Gasteiger partial charge in [0.2, 0.25) is 0 Å². The lowest BCUT2D eigenvalue weighted by atomic mass is 10.1.